The Labute approximate surface area is 191 Å². The average molecular weight is 441 g/mol. The summed E-state index contributed by atoms with van der Waals surface area (Å²) >= 11 is 0. The van der Waals surface area contributed by atoms with Gasteiger partial charge in [0, 0.05) is 12.7 Å². The van der Waals surface area contributed by atoms with Gasteiger partial charge in [0.2, 0.25) is 0 Å². The molecule has 0 aliphatic heterocycles. The highest BCUT2D eigenvalue weighted by atomic mass is 28.4. The first-order chi connectivity index (χ1) is 14.6. The molecule has 0 radical (unpaired) electrons. The quantitative estimate of drug-likeness (QED) is 0.110. The zero-order chi connectivity index (χ0) is 22.3. The lowest BCUT2D eigenvalue weighted by atomic mass is 10.0. The summed E-state index contributed by atoms with van der Waals surface area (Å²) in [6.07, 6.45) is 25.8. The number of hydrogen-bond donors (Lipinski definition) is 0. The van der Waals surface area contributed by atoms with Crippen molar-refractivity contribution in [2.45, 2.75) is 155 Å². The zero-order valence-electron chi connectivity index (χ0n) is 21.3. The van der Waals surface area contributed by atoms with Crippen molar-refractivity contribution in [1.29, 1.82) is 0 Å². The van der Waals surface area contributed by atoms with Crippen LogP contribution in [0.5, 0.6) is 0 Å². The highest BCUT2D eigenvalue weighted by molar-refractivity contribution is 6.71. The fraction of sp³-hybridized carbons (Fsp3) is 0.926. The molecule has 0 aliphatic rings. The SMILES string of the molecule is C=C[Si](C)(OCCCCCCCCCCCCCCCC)OC(CCC)CCCC. The van der Waals surface area contributed by atoms with E-state index in [0.717, 1.165) is 25.9 Å². The minimum atomic E-state index is -2.21. The molecule has 0 heterocycles. The van der Waals surface area contributed by atoms with Gasteiger partial charge in [-0.25, -0.2) is 0 Å². The molecule has 0 aromatic rings. The number of hydrogen-bond acceptors (Lipinski definition) is 2. The summed E-state index contributed by atoms with van der Waals surface area (Å²) in [4.78, 5) is 0. The average Bonchev–Trinajstić information content (AvgIpc) is 2.75. The summed E-state index contributed by atoms with van der Waals surface area (Å²) in [7, 11) is -2.21. The predicted molar refractivity (Wildman–Crippen MR) is 137 cm³/mol. The largest absolute Gasteiger partial charge is 0.391 e. The van der Waals surface area contributed by atoms with Crippen LogP contribution < -0.4 is 0 Å². The van der Waals surface area contributed by atoms with Crippen LogP contribution in [-0.2, 0) is 8.85 Å². The van der Waals surface area contributed by atoms with E-state index in [1.807, 2.05) is 5.70 Å². The molecule has 0 rings (SSSR count). The maximum absolute atomic E-state index is 6.45. The standard InChI is InChI=1S/C27H56O2Si/c1-6-10-12-13-14-15-16-17-18-19-20-21-22-23-26-28-30(5,9-4)29-27(24-8-3)25-11-7-2/h9,27H,4,6-8,10-26H2,1-3,5H3. The third kappa shape index (κ3) is 18.6. The zero-order valence-corrected chi connectivity index (χ0v) is 22.3. The van der Waals surface area contributed by atoms with Crippen molar-refractivity contribution in [1.82, 2.24) is 0 Å². The summed E-state index contributed by atoms with van der Waals surface area (Å²) in [5.41, 5.74) is 1.98. The van der Waals surface area contributed by atoms with Crippen molar-refractivity contribution in [3.05, 3.63) is 12.3 Å². The van der Waals surface area contributed by atoms with Gasteiger partial charge in [-0.2, -0.15) is 0 Å². The molecule has 0 N–H and O–H groups in total. The summed E-state index contributed by atoms with van der Waals surface area (Å²) in [6, 6.07) is 0. The Balaban J connectivity index is 3.64. The van der Waals surface area contributed by atoms with Gasteiger partial charge in [-0.15, -0.1) is 6.58 Å². The van der Waals surface area contributed by atoms with E-state index in [4.69, 9.17) is 8.85 Å². The van der Waals surface area contributed by atoms with Gasteiger partial charge in [-0.3, -0.25) is 0 Å². The second-order valence-corrected chi connectivity index (χ2v) is 12.3. The molecule has 0 saturated heterocycles. The van der Waals surface area contributed by atoms with Crippen LogP contribution in [-0.4, -0.2) is 21.3 Å². The third-order valence-corrected chi connectivity index (χ3v) is 8.47. The molecule has 0 saturated carbocycles. The molecule has 0 aromatic heterocycles. The fourth-order valence-corrected chi connectivity index (χ4v) is 5.79. The first-order valence-electron chi connectivity index (χ1n) is 13.6. The van der Waals surface area contributed by atoms with Crippen LogP contribution in [0.4, 0.5) is 0 Å². The molecule has 0 amide bonds. The van der Waals surface area contributed by atoms with E-state index in [1.54, 1.807) is 0 Å². The minimum absolute atomic E-state index is 0.348. The summed E-state index contributed by atoms with van der Waals surface area (Å²) in [6.45, 7) is 13.8. The van der Waals surface area contributed by atoms with E-state index in [1.165, 1.54) is 103 Å². The van der Waals surface area contributed by atoms with E-state index in [9.17, 15) is 0 Å². The summed E-state index contributed by atoms with van der Waals surface area (Å²) in [5, 5.41) is 0. The Kier molecular flexibility index (Phi) is 22.0. The van der Waals surface area contributed by atoms with Crippen molar-refractivity contribution in [2.75, 3.05) is 6.61 Å². The van der Waals surface area contributed by atoms with Gasteiger partial charge in [-0.05, 0) is 31.5 Å². The second-order valence-electron chi connectivity index (χ2n) is 9.34. The Hall–Kier alpha value is -0.123. The Morgan fingerprint density at radius 3 is 1.53 bits per heavy atom. The molecule has 2 unspecified atom stereocenters. The van der Waals surface area contributed by atoms with Gasteiger partial charge < -0.3 is 8.85 Å². The maximum atomic E-state index is 6.45. The molecule has 2 nitrogen and oxygen atoms in total. The van der Waals surface area contributed by atoms with Crippen LogP contribution in [0.15, 0.2) is 12.3 Å². The molecule has 0 bridgehead atoms. The van der Waals surface area contributed by atoms with Crippen molar-refractivity contribution >= 4 is 8.56 Å². The Morgan fingerprint density at radius 2 is 1.10 bits per heavy atom. The monoisotopic (exact) mass is 440 g/mol. The summed E-state index contributed by atoms with van der Waals surface area (Å²) in [5.74, 6) is 0. The molecular formula is C27H56O2Si. The van der Waals surface area contributed by atoms with Gasteiger partial charge in [0.25, 0.3) is 0 Å². The van der Waals surface area contributed by atoms with Crippen LogP contribution in [0.2, 0.25) is 6.55 Å². The fourth-order valence-electron chi connectivity index (χ4n) is 4.06. The third-order valence-electron chi connectivity index (χ3n) is 6.15. The molecule has 3 heteroatoms. The molecule has 30 heavy (non-hydrogen) atoms. The first kappa shape index (κ1) is 29.9. The van der Waals surface area contributed by atoms with E-state index >= 15 is 0 Å². The Bertz CT molecular complexity index is 361. The molecule has 180 valence electrons. The molecular weight excluding hydrogens is 384 g/mol. The molecule has 0 spiro atoms. The minimum Gasteiger partial charge on any atom is -0.391 e. The van der Waals surface area contributed by atoms with Crippen LogP contribution in [0, 0.1) is 0 Å². The lowest BCUT2D eigenvalue weighted by Gasteiger charge is -2.29. The van der Waals surface area contributed by atoms with Gasteiger partial charge >= 0.3 is 8.56 Å². The van der Waals surface area contributed by atoms with Crippen molar-refractivity contribution in [3.63, 3.8) is 0 Å². The highest BCUT2D eigenvalue weighted by Gasteiger charge is 2.30. The maximum Gasteiger partial charge on any atom is 0.361 e. The molecule has 0 aromatic carbocycles. The summed E-state index contributed by atoms with van der Waals surface area (Å²) < 4.78 is 12.7. The first-order valence-corrected chi connectivity index (χ1v) is 16.0. The Morgan fingerprint density at radius 1 is 0.633 bits per heavy atom. The van der Waals surface area contributed by atoms with Crippen LogP contribution >= 0.6 is 0 Å². The van der Waals surface area contributed by atoms with E-state index in [-0.39, 0.29) is 0 Å². The molecule has 0 aliphatic carbocycles. The van der Waals surface area contributed by atoms with Crippen LogP contribution in [0.1, 0.15) is 143 Å². The van der Waals surface area contributed by atoms with E-state index < -0.39 is 8.56 Å². The van der Waals surface area contributed by atoms with Gasteiger partial charge in [0.1, 0.15) is 0 Å². The normalized spacial score (nSPS) is 14.5. The lowest BCUT2D eigenvalue weighted by molar-refractivity contribution is 0.108. The topological polar surface area (TPSA) is 18.5 Å². The van der Waals surface area contributed by atoms with Gasteiger partial charge in [-0.1, -0.05) is 124 Å². The predicted octanol–water partition coefficient (Wildman–Crippen LogP) is 9.66. The van der Waals surface area contributed by atoms with Crippen molar-refractivity contribution in [3.8, 4) is 0 Å². The van der Waals surface area contributed by atoms with E-state index in [2.05, 4.69) is 33.9 Å². The molecule has 2 atom stereocenters. The number of unbranched alkanes of at least 4 members (excludes halogenated alkanes) is 14. The smallest absolute Gasteiger partial charge is 0.361 e. The number of rotatable bonds is 24. The van der Waals surface area contributed by atoms with Crippen molar-refractivity contribution < 1.29 is 8.85 Å². The van der Waals surface area contributed by atoms with Crippen LogP contribution in [0.25, 0.3) is 0 Å². The van der Waals surface area contributed by atoms with Gasteiger partial charge in [0.05, 0.1) is 0 Å². The van der Waals surface area contributed by atoms with Crippen LogP contribution in [0.3, 0.4) is 0 Å². The second kappa shape index (κ2) is 22.1. The van der Waals surface area contributed by atoms with E-state index in [0.29, 0.717) is 6.10 Å². The highest BCUT2D eigenvalue weighted by Crippen LogP contribution is 2.20. The molecule has 0 fully saturated rings. The lowest BCUT2D eigenvalue weighted by Crippen LogP contribution is -2.41. The van der Waals surface area contributed by atoms with Gasteiger partial charge in [0.15, 0.2) is 0 Å². The van der Waals surface area contributed by atoms with Crippen molar-refractivity contribution in [2.24, 2.45) is 0 Å².